The van der Waals surface area contributed by atoms with Crippen molar-refractivity contribution in [1.82, 2.24) is 0 Å². The summed E-state index contributed by atoms with van der Waals surface area (Å²) in [7, 11) is 0. The Labute approximate surface area is 185 Å². The zero-order valence-corrected chi connectivity index (χ0v) is 18.6. The van der Waals surface area contributed by atoms with E-state index in [2.05, 4.69) is 40.8 Å². The van der Waals surface area contributed by atoms with Gasteiger partial charge in [-0.15, -0.1) is 0 Å². The predicted molar refractivity (Wildman–Crippen MR) is 120 cm³/mol. The number of rotatable bonds is 11. The Hall–Kier alpha value is -1.38. The molecule has 2 heterocycles. The average Bonchev–Trinajstić information content (AvgIpc) is 3.30. The third-order valence-corrected chi connectivity index (χ3v) is 6.33. The first-order valence-electron chi connectivity index (χ1n) is 10.3. The second-order valence-electron chi connectivity index (χ2n) is 7.74. The first-order valence-corrected chi connectivity index (χ1v) is 11.4. The van der Waals surface area contributed by atoms with E-state index in [-0.39, 0.29) is 19.1 Å². The summed E-state index contributed by atoms with van der Waals surface area (Å²) in [5.41, 5.74) is 0. The molecule has 2 aliphatic rings. The van der Waals surface area contributed by atoms with Gasteiger partial charge in [0.1, 0.15) is 18.5 Å². The number of halogens is 1. The van der Waals surface area contributed by atoms with E-state index >= 15 is 0 Å². The molecule has 5 nitrogen and oxygen atoms in total. The number of aliphatic hydroxyl groups is 1. The molecule has 2 N–H and O–H groups in total. The minimum atomic E-state index is -0.741. The van der Waals surface area contributed by atoms with Gasteiger partial charge in [0.2, 0.25) is 0 Å². The smallest absolute Gasteiger partial charge is 0.303 e. The van der Waals surface area contributed by atoms with Gasteiger partial charge in [-0.1, -0.05) is 24.3 Å². The maximum Gasteiger partial charge on any atom is 0.303 e. The van der Waals surface area contributed by atoms with Crippen LogP contribution in [-0.4, -0.2) is 41.1 Å². The number of allylic oxidation sites excluding steroid dienone is 2. The van der Waals surface area contributed by atoms with Crippen LogP contribution in [0.1, 0.15) is 38.5 Å². The Morgan fingerprint density at radius 1 is 1.24 bits per heavy atom. The van der Waals surface area contributed by atoms with Crippen LogP contribution in [0.5, 0.6) is 5.75 Å². The van der Waals surface area contributed by atoms with Crippen LogP contribution in [0, 0.1) is 15.4 Å². The molecule has 0 spiro atoms. The molecule has 0 radical (unpaired) electrons. The molecule has 3 rings (SSSR count). The molecule has 158 valence electrons. The van der Waals surface area contributed by atoms with Gasteiger partial charge < -0.3 is 19.7 Å². The molecule has 0 aliphatic carbocycles. The molecule has 0 saturated carbocycles. The lowest BCUT2D eigenvalue weighted by atomic mass is 9.77. The molecular formula is C23H29IO5. The molecule has 0 amide bonds. The lowest BCUT2D eigenvalue weighted by molar-refractivity contribution is -0.137. The second-order valence-corrected chi connectivity index (χ2v) is 8.99. The Bertz CT molecular complexity index is 714. The summed E-state index contributed by atoms with van der Waals surface area (Å²) in [6, 6.07) is 7.76. The van der Waals surface area contributed by atoms with Crippen LogP contribution in [0.3, 0.4) is 0 Å². The summed E-state index contributed by atoms with van der Waals surface area (Å²) in [5.74, 6) is 0.747. The van der Waals surface area contributed by atoms with Crippen LogP contribution >= 0.6 is 22.6 Å². The Morgan fingerprint density at radius 2 is 2.00 bits per heavy atom. The molecular weight excluding hydrogens is 481 g/mol. The van der Waals surface area contributed by atoms with Crippen LogP contribution in [0.15, 0.2) is 48.6 Å². The zero-order valence-electron chi connectivity index (χ0n) is 16.5. The summed E-state index contributed by atoms with van der Waals surface area (Å²) in [6.45, 7) is 0.229. The van der Waals surface area contributed by atoms with E-state index in [4.69, 9.17) is 14.6 Å². The van der Waals surface area contributed by atoms with Crippen molar-refractivity contribution in [3.63, 3.8) is 0 Å². The second kappa shape index (κ2) is 11.1. The van der Waals surface area contributed by atoms with Gasteiger partial charge in [0, 0.05) is 15.9 Å². The first-order chi connectivity index (χ1) is 14.0. The van der Waals surface area contributed by atoms with Crippen LogP contribution in [0.2, 0.25) is 0 Å². The van der Waals surface area contributed by atoms with Gasteiger partial charge in [0.05, 0.1) is 12.2 Å². The Morgan fingerprint density at radius 3 is 2.76 bits per heavy atom. The molecule has 29 heavy (non-hydrogen) atoms. The van der Waals surface area contributed by atoms with Gasteiger partial charge in [-0.25, -0.2) is 0 Å². The highest BCUT2D eigenvalue weighted by molar-refractivity contribution is 14.1. The number of ether oxygens (including phenoxy) is 2. The number of unbranched alkanes of at least 4 members (excludes halogenated alkanes) is 1. The number of benzene rings is 1. The fourth-order valence-electron chi connectivity index (χ4n) is 4.15. The number of aliphatic carboxylic acids is 1. The van der Waals surface area contributed by atoms with Crippen LogP contribution in [0.25, 0.3) is 0 Å². The maximum absolute atomic E-state index is 10.6. The van der Waals surface area contributed by atoms with Crippen molar-refractivity contribution < 1.29 is 24.5 Å². The molecule has 2 bridgehead atoms. The quantitative estimate of drug-likeness (QED) is 0.259. The summed E-state index contributed by atoms with van der Waals surface area (Å²) < 4.78 is 12.9. The summed E-state index contributed by atoms with van der Waals surface area (Å²) >= 11 is 2.25. The Kier molecular flexibility index (Phi) is 8.56. The van der Waals surface area contributed by atoms with Crippen molar-refractivity contribution in [1.29, 1.82) is 0 Å². The number of aliphatic hydroxyl groups excluding tert-OH is 1. The van der Waals surface area contributed by atoms with Crippen molar-refractivity contribution in [3.8, 4) is 5.75 Å². The molecule has 2 aliphatic heterocycles. The SMILES string of the molecule is O=C(O)CCC/C=C\C[C@@H]1[C@@H](/C=C/[C@@H](O)COc2ccc([125I])cc2)[C@@H]2CC[C@H]1O2. The molecule has 5 atom stereocenters. The minimum Gasteiger partial charge on any atom is -0.491 e. The first kappa shape index (κ1) is 22.3. The fraction of sp³-hybridized carbons (Fsp3) is 0.522. The van der Waals surface area contributed by atoms with E-state index in [0.29, 0.717) is 24.4 Å². The van der Waals surface area contributed by atoms with Crippen LogP contribution in [0.4, 0.5) is 0 Å². The number of carbonyl (C=O) groups is 1. The number of hydrogen-bond acceptors (Lipinski definition) is 4. The van der Waals surface area contributed by atoms with Crippen molar-refractivity contribution in [2.45, 2.75) is 56.8 Å². The van der Waals surface area contributed by atoms with Gasteiger partial charge in [0.25, 0.3) is 0 Å². The van der Waals surface area contributed by atoms with Gasteiger partial charge in [-0.3, -0.25) is 4.79 Å². The van der Waals surface area contributed by atoms with Crippen molar-refractivity contribution >= 4 is 28.6 Å². The van der Waals surface area contributed by atoms with Crippen molar-refractivity contribution in [3.05, 3.63) is 52.1 Å². The summed E-state index contributed by atoms with van der Waals surface area (Å²) in [5, 5.41) is 19.0. The molecule has 2 saturated heterocycles. The van der Waals surface area contributed by atoms with E-state index in [9.17, 15) is 9.90 Å². The van der Waals surface area contributed by atoms with E-state index in [1.54, 1.807) is 0 Å². The average molecular weight is 510 g/mol. The molecule has 1 aromatic rings. The topological polar surface area (TPSA) is 76.0 Å². The number of fused-ring (bicyclic) bond motifs is 2. The van der Waals surface area contributed by atoms with E-state index in [0.717, 1.165) is 35.0 Å². The molecule has 0 unspecified atom stereocenters. The lowest BCUT2D eigenvalue weighted by Crippen LogP contribution is -2.26. The normalized spacial score (nSPS) is 27.1. The summed E-state index contributed by atoms with van der Waals surface area (Å²) in [6.07, 6.45) is 12.9. The van der Waals surface area contributed by atoms with Gasteiger partial charge in [-0.2, -0.15) is 0 Å². The van der Waals surface area contributed by atoms with Crippen LogP contribution < -0.4 is 4.74 Å². The van der Waals surface area contributed by atoms with Crippen LogP contribution in [-0.2, 0) is 9.53 Å². The Balaban J connectivity index is 1.46. The zero-order chi connectivity index (χ0) is 20.6. The molecule has 2 fully saturated rings. The highest BCUT2D eigenvalue weighted by atomic mass is 125. The van der Waals surface area contributed by atoms with E-state index < -0.39 is 12.1 Å². The van der Waals surface area contributed by atoms with Gasteiger partial charge in [-0.05, 0) is 84.9 Å². The highest BCUT2D eigenvalue weighted by Gasteiger charge is 2.46. The molecule has 0 aromatic heterocycles. The minimum absolute atomic E-state index is 0.217. The van der Waals surface area contributed by atoms with Crippen molar-refractivity contribution in [2.24, 2.45) is 11.8 Å². The number of hydrogen-bond donors (Lipinski definition) is 2. The summed E-state index contributed by atoms with van der Waals surface area (Å²) in [4.78, 5) is 10.6. The largest absolute Gasteiger partial charge is 0.491 e. The van der Waals surface area contributed by atoms with Gasteiger partial charge >= 0.3 is 5.97 Å². The number of carboxylic acids is 1. The highest BCUT2D eigenvalue weighted by Crippen LogP contribution is 2.45. The van der Waals surface area contributed by atoms with E-state index in [1.807, 2.05) is 30.3 Å². The van der Waals surface area contributed by atoms with Gasteiger partial charge in [0.15, 0.2) is 0 Å². The molecule has 1 aromatic carbocycles. The monoisotopic (exact) mass is 510 g/mol. The standard InChI is InChI=1S/C23H29IO5/c24-16-7-10-18(11-8-16)28-15-17(25)9-12-20-19(21-13-14-22(20)29-21)5-3-1-2-4-6-23(26)27/h1,3,7-12,17,19-22,25H,2,4-6,13-15H2,(H,26,27)/b3-1-,12-9+/t17-,19-,20-,21-,22+/m1/s1/i24-2. The predicted octanol–water partition coefficient (Wildman–Crippen LogP) is 4.58. The number of carboxylic acid groups (broad SMARTS) is 1. The maximum atomic E-state index is 10.6. The third kappa shape index (κ3) is 6.83. The van der Waals surface area contributed by atoms with E-state index in [1.165, 1.54) is 0 Å². The fourth-order valence-corrected chi connectivity index (χ4v) is 4.51. The van der Waals surface area contributed by atoms with Crippen molar-refractivity contribution in [2.75, 3.05) is 6.61 Å². The molecule has 6 heteroatoms. The third-order valence-electron chi connectivity index (χ3n) is 5.61. The lowest BCUT2D eigenvalue weighted by Gasteiger charge is -2.25.